The van der Waals surface area contributed by atoms with Crippen LogP contribution < -0.4 is 11.1 Å². The zero-order valence-electron chi connectivity index (χ0n) is 10.9. The van der Waals surface area contributed by atoms with Crippen molar-refractivity contribution in [3.05, 3.63) is 45.4 Å². The van der Waals surface area contributed by atoms with Crippen LogP contribution in [0.15, 0.2) is 39.8 Å². The average molecular weight is 404 g/mol. The Hall–Kier alpha value is -1.14. The molecule has 0 aromatic heterocycles. The molecule has 3 N–H and O–H groups in total. The predicted molar refractivity (Wildman–Crippen MR) is 86.3 cm³/mol. The monoisotopic (exact) mass is 402 g/mol. The number of rotatable bonds is 7. The Bertz CT molecular complexity index is 498. The van der Waals surface area contributed by atoms with Crippen molar-refractivity contribution >= 4 is 43.7 Å². The lowest BCUT2D eigenvalue weighted by molar-refractivity contribution is -0.120. The fourth-order valence-corrected chi connectivity index (χ4v) is 2.97. The van der Waals surface area contributed by atoms with E-state index in [1.54, 1.807) is 18.2 Å². The maximum absolute atomic E-state index is 12.1. The van der Waals surface area contributed by atoms with Crippen molar-refractivity contribution in [3.63, 3.8) is 0 Å². The van der Waals surface area contributed by atoms with Crippen molar-refractivity contribution < 1.29 is 9.59 Å². The number of carbonyl (C=O) groups is 2. The summed E-state index contributed by atoms with van der Waals surface area (Å²) >= 11 is 6.63. The first-order valence-electron chi connectivity index (χ1n) is 6.11. The molecule has 0 radical (unpaired) electrons. The molecule has 0 heterocycles. The summed E-state index contributed by atoms with van der Waals surface area (Å²) in [5.74, 6) is -0.856. The molecular formula is C14H16Br2N2O2. The van der Waals surface area contributed by atoms with E-state index in [9.17, 15) is 9.59 Å². The summed E-state index contributed by atoms with van der Waals surface area (Å²) in [6, 6.07) is 4.52. The van der Waals surface area contributed by atoms with E-state index in [1.807, 2.05) is 6.07 Å². The second-order valence-corrected chi connectivity index (χ2v) is 6.14. The maximum atomic E-state index is 12.1. The van der Waals surface area contributed by atoms with Crippen LogP contribution in [0.1, 0.15) is 29.6 Å². The molecule has 0 spiro atoms. The van der Waals surface area contributed by atoms with E-state index < -0.39 is 11.9 Å². The first-order chi connectivity index (χ1) is 9.43. The van der Waals surface area contributed by atoms with E-state index in [2.05, 4.69) is 43.8 Å². The maximum Gasteiger partial charge on any atom is 0.252 e. The molecule has 0 aliphatic heterocycles. The number of primary amides is 1. The quantitative estimate of drug-likeness (QED) is 0.542. The van der Waals surface area contributed by atoms with E-state index >= 15 is 0 Å². The predicted octanol–water partition coefficient (Wildman–Crippen LogP) is 3.15. The fraction of sp³-hybridized carbons (Fsp3) is 0.286. The molecule has 0 unspecified atom stereocenters. The summed E-state index contributed by atoms with van der Waals surface area (Å²) in [5, 5.41) is 2.66. The van der Waals surface area contributed by atoms with Gasteiger partial charge in [-0.15, -0.1) is 6.58 Å². The normalized spacial score (nSPS) is 11.7. The van der Waals surface area contributed by atoms with Gasteiger partial charge in [0.15, 0.2) is 0 Å². The molecule has 1 atom stereocenters. The van der Waals surface area contributed by atoms with Crippen molar-refractivity contribution in [3.8, 4) is 0 Å². The molecule has 6 heteroatoms. The van der Waals surface area contributed by atoms with Crippen molar-refractivity contribution in [1.82, 2.24) is 5.32 Å². The third kappa shape index (κ3) is 5.46. The molecule has 0 saturated heterocycles. The van der Waals surface area contributed by atoms with Gasteiger partial charge in [0, 0.05) is 14.5 Å². The van der Waals surface area contributed by atoms with E-state index in [0.717, 1.165) is 21.8 Å². The highest BCUT2D eigenvalue weighted by atomic mass is 79.9. The minimum Gasteiger partial charge on any atom is -0.368 e. The standard InChI is InChI=1S/C14H16Br2N2O2/c1-2-3-4-5-12(13(17)19)18-14(20)9-6-10(15)8-11(16)7-9/h2,6-8,12H,1,3-5H2,(H2,17,19)(H,18,20)/t12-/m0/s1. The highest BCUT2D eigenvalue weighted by Gasteiger charge is 2.18. The smallest absolute Gasteiger partial charge is 0.252 e. The number of unbranched alkanes of at least 4 members (excludes halogenated alkanes) is 1. The van der Waals surface area contributed by atoms with Crippen LogP contribution in [0.3, 0.4) is 0 Å². The minimum absolute atomic E-state index is 0.325. The van der Waals surface area contributed by atoms with E-state index in [1.165, 1.54) is 0 Å². The summed E-state index contributed by atoms with van der Waals surface area (Å²) in [6.45, 7) is 3.62. The molecule has 0 fully saturated rings. The van der Waals surface area contributed by atoms with Crippen molar-refractivity contribution in [1.29, 1.82) is 0 Å². The lowest BCUT2D eigenvalue weighted by Crippen LogP contribution is -2.44. The van der Waals surface area contributed by atoms with Gasteiger partial charge in [0.2, 0.25) is 5.91 Å². The van der Waals surface area contributed by atoms with Crippen LogP contribution >= 0.6 is 31.9 Å². The van der Waals surface area contributed by atoms with Gasteiger partial charge in [0.1, 0.15) is 6.04 Å². The Morgan fingerprint density at radius 1 is 1.30 bits per heavy atom. The molecule has 2 amide bonds. The van der Waals surface area contributed by atoms with Gasteiger partial charge < -0.3 is 11.1 Å². The van der Waals surface area contributed by atoms with Gasteiger partial charge in [-0.2, -0.15) is 0 Å². The Balaban J connectivity index is 2.74. The van der Waals surface area contributed by atoms with Crippen LogP contribution in [0.2, 0.25) is 0 Å². The van der Waals surface area contributed by atoms with E-state index in [4.69, 9.17) is 5.73 Å². The molecule has 0 aliphatic rings. The highest BCUT2D eigenvalue weighted by Crippen LogP contribution is 2.20. The van der Waals surface area contributed by atoms with Gasteiger partial charge in [-0.3, -0.25) is 9.59 Å². The van der Waals surface area contributed by atoms with Gasteiger partial charge in [0.25, 0.3) is 5.91 Å². The van der Waals surface area contributed by atoms with Crippen LogP contribution in [0, 0.1) is 0 Å². The van der Waals surface area contributed by atoms with Crippen LogP contribution in [0.25, 0.3) is 0 Å². The third-order valence-electron chi connectivity index (χ3n) is 2.67. The Morgan fingerprint density at radius 3 is 2.40 bits per heavy atom. The first-order valence-corrected chi connectivity index (χ1v) is 7.70. The van der Waals surface area contributed by atoms with Gasteiger partial charge in [-0.1, -0.05) is 37.9 Å². The third-order valence-corrected chi connectivity index (χ3v) is 3.59. The zero-order chi connectivity index (χ0) is 15.1. The van der Waals surface area contributed by atoms with E-state index in [-0.39, 0.29) is 5.91 Å². The number of carbonyl (C=O) groups excluding carboxylic acids is 2. The minimum atomic E-state index is -0.666. The second-order valence-electron chi connectivity index (χ2n) is 4.31. The Morgan fingerprint density at radius 2 is 1.90 bits per heavy atom. The fourth-order valence-electron chi connectivity index (χ4n) is 1.68. The summed E-state index contributed by atoms with van der Waals surface area (Å²) < 4.78 is 1.55. The first kappa shape index (κ1) is 16.9. The second kappa shape index (κ2) is 8.21. The number of halogens is 2. The summed E-state index contributed by atoms with van der Waals surface area (Å²) in [7, 11) is 0. The topological polar surface area (TPSA) is 72.2 Å². The SMILES string of the molecule is C=CCCC[C@H](NC(=O)c1cc(Br)cc(Br)c1)C(N)=O. The molecule has 1 aromatic carbocycles. The zero-order valence-corrected chi connectivity index (χ0v) is 14.0. The molecule has 108 valence electrons. The Labute approximate surface area is 135 Å². The van der Waals surface area contributed by atoms with Gasteiger partial charge >= 0.3 is 0 Å². The number of hydrogen-bond donors (Lipinski definition) is 2. The molecule has 1 aromatic rings. The molecule has 0 saturated carbocycles. The molecule has 4 nitrogen and oxygen atoms in total. The number of nitrogens with two attached hydrogens (primary N) is 1. The van der Waals surface area contributed by atoms with Crippen molar-refractivity contribution in [2.45, 2.75) is 25.3 Å². The van der Waals surface area contributed by atoms with Gasteiger partial charge in [-0.25, -0.2) is 0 Å². The molecule has 0 aliphatic carbocycles. The summed E-state index contributed by atoms with van der Waals surface area (Å²) in [5.41, 5.74) is 5.77. The summed E-state index contributed by atoms with van der Waals surface area (Å²) in [4.78, 5) is 23.5. The number of amides is 2. The van der Waals surface area contributed by atoms with Crippen molar-refractivity contribution in [2.24, 2.45) is 5.73 Å². The lowest BCUT2D eigenvalue weighted by atomic mass is 10.1. The van der Waals surface area contributed by atoms with Crippen molar-refractivity contribution in [2.75, 3.05) is 0 Å². The molecule has 0 bridgehead atoms. The van der Waals surface area contributed by atoms with Crippen LogP contribution in [-0.4, -0.2) is 17.9 Å². The van der Waals surface area contributed by atoms with Crippen LogP contribution in [0.5, 0.6) is 0 Å². The largest absolute Gasteiger partial charge is 0.368 e. The van der Waals surface area contributed by atoms with Gasteiger partial charge in [-0.05, 0) is 37.5 Å². The molecular weight excluding hydrogens is 388 g/mol. The average Bonchev–Trinajstić information content (AvgIpc) is 2.36. The lowest BCUT2D eigenvalue weighted by Gasteiger charge is -2.15. The number of benzene rings is 1. The Kier molecular flexibility index (Phi) is 6.95. The number of nitrogens with one attached hydrogen (secondary N) is 1. The van der Waals surface area contributed by atoms with Crippen LogP contribution in [-0.2, 0) is 4.79 Å². The molecule has 1 rings (SSSR count). The number of hydrogen-bond acceptors (Lipinski definition) is 2. The number of allylic oxidation sites excluding steroid dienone is 1. The summed E-state index contributed by atoms with van der Waals surface area (Å²) in [6.07, 6.45) is 3.80. The van der Waals surface area contributed by atoms with Gasteiger partial charge in [0.05, 0.1) is 0 Å². The molecule has 20 heavy (non-hydrogen) atoms. The van der Waals surface area contributed by atoms with Crippen LogP contribution in [0.4, 0.5) is 0 Å². The van der Waals surface area contributed by atoms with E-state index in [0.29, 0.717) is 12.0 Å². The highest BCUT2D eigenvalue weighted by molar-refractivity contribution is 9.11.